The zero-order chi connectivity index (χ0) is 14.5. The lowest BCUT2D eigenvalue weighted by Crippen LogP contribution is -2.29. The molecule has 1 aromatic carbocycles. The standard InChI is InChI=1S/C16H20F2O2/c1-2-11-6-3-4-9-15(11)20-10-14(19)16-12(17)7-5-8-13(16)18/h5,7-8,11,15H,2-4,6,9-10H2,1H3. The van der Waals surface area contributed by atoms with Crippen molar-refractivity contribution >= 4 is 5.78 Å². The fraction of sp³-hybridized carbons (Fsp3) is 0.562. The van der Waals surface area contributed by atoms with Crippen LogP contribution in [0.3, 0.4) is 0 Å². The number of Topliss-reactive ketones (excluding diaryl/α,β-unsaturated/α-hetero) is 1. The molecule has 2 unspecified atom stereocenters. The van der Waals surface area contributed by atoms with Crippen molar-refractivity contribution in [3.63, 3.8) is 0 Å². The molecule has 2 nitrogen and oxygen atoms in total. The SMILES string of the molecule is CCC1CCCCC1OCC(=O)c1c(F)cccc1F. The molecule has 110 valence electrons. The molecule has 2 atom stereocenters. The number of rotatable bonds is 5. The van der Waals surface area contributed by atoms with Gasteiger partial charge in [0.1, 0.15) is 18.2 Å². The van der Waals surface area contributed by atoms with Gasteiger partial charge in [0.15, 0.2) is 5.78 Å². The van der Waals surface area contributed by atoms with Gasteiger partial charge in [-0.2, -0.15) is 0 Å². The van der Waals surface area contributed by atoms with Crippen LogP contribution >= 0.6 is 0 Å². The lowest BCUT2D eigenvalue weighted by Gasteiger charge is -2.30. The van der Waals surface area contributed by atoms with Gasteiger partial charge in [0.25, 0.3) is 0 Å². The molecule has 1 aliphatic carbocycles. The highest BCUT2D eigenvalue weighted by atomic mass is 19.1. The van der Waals surface area contributed by atoms with Gasteiger partial charge in [0.2, 0.25) is 0 Å². The summed E-state index contributed by atoms with van der Waals surface area (Å²) in [4.78, 5) is 11.9. The molecule has 1 saturated carbocycles. The van der Waals surface area contributed by atoms with Crippen LogP contribution in [-0.2, 0) is 4.74 Å². The summed E-state index contributed by atoms with van der Waals surface area (Å²) in [5.41, 5.74) is -0.489. The molecule has 4 heteroatoms. The largest absolute Gasteiger partial charge is 0.370 e. The predicted molar refractivity (Wildman–Crippen MR) is 72.7 cm³/mol. The number of hydrogen-bond donors (Lipinski definition) is 0. The smallest absolute Gasteiger partial charge is 0.194 e. The summed E-state index contributed by atoms with van der Waals surface area (Å²) in [7, 11) is 0. The van der Waals surface area contributed by atoms with E-state index in [0.29, 0.717) is 5.92 Å². The average Bonchev–Trinajstić information content (AvgIpc) is 2.45. The molecule has 0 spiro atoms. The zero-order valence-electron chi connectivity index (χ0n) is 11.7. The first kappa shape index (κ1) is 15.1. The molecule has 2 rings (SSSR count). The molecular formula is C16H20F2O2. The Morgan fingerprint density at radius 1 is 1.25 bits per heavy atom. The number of halogens is 2. The summed E-state index contributed by atoms with van der Waals surface area (Å²) < 4.78 is 32.6. The first-order valence-corrected chi connectivity index (χ1v) is 7.22. The molecule has 0 aliphatic heterocycles. The third kappa shape index (κ3) is 3.42. The highest BCUT2D eigenvalue weighted by Gasteiger charge is 2.26. The van der Waals surface area contributed by atoms with Crippen molar-refractivity contribution in [2.45, 2.75) is 45.1 Å². The number of ketones is 1. The molecular weight excluding hydrogens is 262 g/mol. The topological polar surface area (TPSA) is 26.3 Å². The number of carbonyl (C=O) groups excluding carboxylic acids is 1. The van der Waals surface area contributed by atoms with Crippen molar-refractivity contribution in [3.05, 3.63) is 35.4 Å². The minimum Gasteiger partial charge on any atom is -0.370 e. The van der Waals surface area contributed by atoms with Gasteiger partial charge in [0, 0.05) is 0 Å². The highest BCUT2D eigenvalue weighted by molar-refractivity contribution is 5.97. The fourth-order valence-corrected chi connectivity index (χ4v) is 2.88. The van der Waals surface area contributed by atoms with Crippen molar-refractivity contribution in [1.29, 1.82) is 0 Å². The van der Waals surface area contributed by atoms with Gasteiger partial charge < -0.3 is 4.74 Å². The minimum atomic E-state index is -0.825. The molecule has 0 radical (unpaired) electrons. The second-order valence-corrected chi connectivity index (χ2v) is 5.32. The van der Waals surface area contributed by atoms with Crippen molar-refractivity contribution in [3.8, 4) is 0 Å². The maximum Gasteiger partial charge on any atom is 0.194 e. The molecule has 1 aromatic rings. The van der Waals surface area contributed by atoms with Crippen LogP contribution in [0.15, 0.2) is 18.2 Å². The fourth-order valence-electron chi connectivity index (χ4n) is 2.88. The lowest BCUT2D eigenvalue weighted by atomic mass is 9.85. The van der Waals surface area contributed by atoms with Crippen molar-refractivity contribution < 1.29 is 18.3 Å². The molecule has 1 aliphatic rings. The maximum absolute atomic E-state index is 13.5. The average molecular weight is 282 g/mol. The molecule has 0 bridgehead atoms. The molecule has 0 saturated heterocycles. The Bertz CT molecular complexity index is 453. The van der Waals surface area contributed by atoms with E-state index in [-0.39, 0.29) is 12.7 Å². The van der Waals surface area contributed by atoms with Crippen molar-refractivity contribution in [2.24, 2.45) is 5.92 Å². The predicted octanol–water partition coefficient (Wildman–Crippen LogP) is 4.13. The monoisotopic (exact) mass is 282 g/mol. The zero-order valence-corrected chi connectivity index (χ0v) is 11.7. The van der Waals surface area contributed by atoms with Crippen LogP contribution in [-0.4, -0.2) is 18.5 Å². The number of ether oxygens (including phenoxy) is 1. The van der Waals surface area contributed by atoms with Gasteiger partial charge in [-0.25, -0.2) is 8.78 Å². The minimum absolute atomic E-state index is 0.0348. The Balaban J connectivity index is 1.98. The first-order chi connectivity index (χ1) is 9.63. The van der Waals surface area contributed by atoms with Gasteiger partial charge in [-0.1, -0.05) is 32.3 Å². The van der Waals surface area contributed by atoms with Crippen molar-refractivity contribution in [1.82, 2.24) is 0 Å². The molecule has 0 amide bonds. The molecule has 0 heterocycles. The van der Waals surface area contributed by atoms with Gasteiger partial charge in [0.05, 0.1) is 11.7 Å². The van der Waals surface area contributed by atoms with E-state index in [2.05, 4.69) is 6.92 Å². The summed E-state index contributed by atoms with van der Waals surface area (Å²) >= 11 is 0. The van der Waals surface area contributed by atoms with Gasteiger partial charge >= 0.3 is 0 Å². The van der Waals surface area contributed by atoms with Crippen LogP contribution in [0.4, 0.5) is 8.78 Å². The first-order valence-electron chi connectivity index (χ1n) is 7.22. The summed E-state index contributed by atoms with van der Waals surface area (Å²) in [5.74, 6) is -1.83. The Kier molecular flexibility index (Phi) is 5.24. The van der Waals surface area contributed by atoms with E-state index in [1.165, 1.54) is 12.5 Å². The molecule has 20 heavy (non-hydrogen) atoms. The molecule has 0 N–H and O–H groups in total. The van der Waals surface area contributed by atoms with E-state index in [0.717, 1.165) is 37.8 Å². The van der Waals surface area contributed by atoms with Crippen LogP contribution in [0, 0.1) is 17.6 Å². The summed E-state index contributed by atoms with van der Waals surface area (Å²) in [6.07, 6.45) is 5.34. The van der Waals surface area contributed by atoms with Crippen molar-refractivity contribution in [2.75, 3.05) is 6.61 Å². The van der Waals surface area contributed by atoms with Crippen LogP contribution in [0.1, 0.15) is 49.4 Å². The van der Waals surface area contributed by atoms with Crippen LogP contribution in [0.5, 0.6) is 0 Å². The molecule has 1 fully saturated rings. The van der Waals surface area contributed by atoms with E-state index in [1.807, 2.05) is 0 Å². The third-order valence-corrected chi connectivity index (χ3v) is 4.03. The van der Waals surface area contributed by atoms with Gasteiger partial charge in [-0.05, 0) is 30.9 Å². The Morgan fingerprint density at radius 3 is 2.55 bits per heavy atom. The van der Waals surface area contributed by atoms with Crippen LogP contribution < -0.4 is 0 Å². The normalized spacial score (nSPS) is 22.8. The van der Waals surface area contributed by atoms with E-state index in [4.69, 9.17) is 4.74 Å². The lowest BCUT2D eigenvalue weighted by molar-refractivity contribution is -0.00595. The van der Waals surface area contributed by atoms with E-state index in [1.54, 1.807) is 0 Å². The number of carbonyl (C=O) groups is 1. The summed E-state index contributed by atoms with van der Waals surface area (Å²) in [6, 6.07) is 3.42. The Morgan fingerprint density at radius 2 is 1.90 bits per heavy atom. The van der Waals surface area contributed by atoms with Gasteiger partial charge in [-0.15, -0.1) is 0 Å². The second kappa shape index (κ2) is 6.93. The van der Waals surface area contributed by atoms with E-state index < -0.39 is 23.0 Å². The van der Waals surface area contributed by atoms with Gasteiger partial charge in [-0.3, -0.25) is 4.79 Å². The maximum atomic E-state index is 13.5. The Hall–Kier alpha value is -1.29. The van der Waals surface area contributed by atoms with Crippen LogP contribution in [0.25, 0.3) is 0 Å². The highest BCUT2D eigenvalue weighted by Crippen LogP contribution is 2.29. The third-order valence-electron chi connectivity index (χ3n) is 4.03. The van der Waals surface area contributed by atoms with E-state index >= 15 is 0 Å². The summed E-state index contributed by atoms with van der Waals surface area (Å²) in [5, 5.41) is 0. The quantitative estimate of drug-likeness (QED) is 0.759. The Labute approximate surface area is 118 Å². The number of benzene rings is 1. The summed E-state index contributed by atoms with van der Waals surface area (Å²) in [6.45, 7) is 1.85. The second-order valence-electron chi connectivity index (χ2n) is 5.32. The van der Waals surface area contributed by atoms with Crippen LogP contribution in [0.2, 0.25) is 0 Å². The number of hydrogen-bond acceptors (Lipinski definition) is 2. The molecule has 0 aromatic heterocycles. The van der Waals surface area contributed by atoms with E-state index in [9.17, 15) is 13.6 Å².